The Labute approximate surface area is 113 Å². The van der Waals surface area contributed by atoms with Crippen molar-refractivity contribution in [1.29, 1.82) is 0 Å². The summed E-state index contributed by atoms with van der Waals surface area (Å²) in [7, 11) is 3.44. The van der Waals surface area contributed by atoms with E-state index < -0.39 is 0 Å². The summed E-state index contributed by atoms with van der Waals surface area (Å²) in [6, 6.07) is 20.5. The molecule has 0 aliphatic carbocycles. The van der Waals surface area contributed by atoms with Gasteiger partial charge in [0.15, 0.2) is 0 Å². The van der Waals surface area contributed by atoms with Gasteiger partial charge in [0.25, 0.3) is 0 Å². The third-order valence-electron chi connectivity index (χ3n) is 2.60. The lowest BCUT2D eigenvalue weighted by Crippen LogP contribution is -1.96. The van der Waals surface area contributed by atoms with Gasteiger partial charge < -0.3 is 0 Å². The van der Waals surface area contributed by atoms with Gasteiger partial charge in [-0.25, -0.2) is 4.99 Å². The Bertz CT molecular complexity index is 681. The van der Waals surface area contributed by atoms with E-state index >= 15 is 0 Å². The Morgan fingerprint density at radius 3 is 2.17 bits per heavy atom. The largest absolute Gasteiger partial charge is 0.237 e. The molecule has 0 saturated carbocycles. The molecule has 1 heterocycles. The van der Waals surface area contributed by atoms with Gasteiger partial charge >= 0.3 is 0 Å². The normalized spacial score (nSPS) is 11.7. The summed E-state index contributed by atoms with van der Waals surface area (Å²) < 4.78 is 1.08. The Morgan fingerprint density at radius 2 is 1.44 bits per heavy atom. The fourth-order valence-electron chi connectivity index (χ4n) is 1.72. The Morgan fingerprint density at radius 1 is 0.778 bits per heavy atom. The molecule has 0 saturated heterocycles. The Hall–Kier alpha value is -1.71. The van der Waals surface area contributed by atoms with Crippen LogP contribution in [0.4, 0.5) is 5.69 Å². The maximum absolute atomic E-state index is 4.71. The molecule has 1 nitrogen and oxygen atoms in total. The quantitative estimate of drug-likeness (QED) is 0.597. The molecular weight excluding hydrogens is 258 g/mol. The second kappa shape index (κ2) is 5.29. The number of hydrogen-bond donors (Lipinski definition) is 0. The molecule has 0 aliphatic heterocycles. The summed E-state index contributed by atoms with van der Waals surface area (Å²) in [6.45, 7) is 0. The molecule has 0 unspecified atom stereocenters. The highest BCUT2D eigenvalue weighted by atomic mass is 32.9. The van der Waals surface area contributed by atoms with Crippen LogP contribution in [0.3, 0.4) is 0 Å². The van der Waals surface area contributed by atoms with Crippen molar-refractivity contribution < 1.29 is 0 Å². The molecule has 3 heteroatoms. The van der Waals surface area contributed by atoms with Crippen LogP contribution in [0.1, 0.15) is 0 Å². The van der Waals surface area contributed by atoms with Crippen LogP contribution in [0.5, 0.6) is 0 Å². The SMILES string of the molecule is c1ccc(N=c2sscc2-c2ccccc2)cc1. The van der Waals surface area contributed by atoms with Gasteiger partial charge in [-0.3, -0.25) is 0 Å². The van der Waals surface area contributed by atoms with Gasteiger partial charge in [-0.1, -0.05) is 69.2 Å². The lowest BCUT2D eigenvalue weighted by Gasteiger charge is -1.96. The molecule has 0 spiro atoms. The molecule has 2 aromatic carbocycles. The van der Waals surface area contributed by atoms with Crippen LogP contribution < -0.4 is 4.67 Å². The maximum atomic E-state index is 4.71. The fraction of sp³-hybridized carbons (Fsp3) is 0. The first-order chi connectivity index (χ1) is 8.93. The van der Waals surface area contributed by atoms with Gasteiger partial charge in [-0.05, 0) is 17.7 Å². The number of nitrogens with zero attached hydrogens (tertiary/aromatic N) is 1. The predicted molar refractivity (Wildman–Crippen MR) is 79.3 cm³/mol. The van der Waals surface area contributed by atoms with Crippen molar-refractivity contribution in [1.82, 2.24) is 0 Å². The van der Waals surface area contributed by atoms with Crippen molar-refractivity contribution in [3.8, 4) is 11.1 Å². The van der Waals surface area contributed by atoms with Crippen molar-refractivity contribution in [3.05, 3.63) is 70.7 Å². The zero-order chi connectivity index (χ0) is 12.2. The Balaban J connectivity index is 2.11. The van der Waals surface area contributed by atoms with Crippen LogP contribution in [-0.2, 0) is 0 Å². The minimum atomic E-state index is 1.00. The smallest absolute Gasteiger partial charge is 0.135 e. The van der Waals surface area contributed by atoms with E-state index in [-0.39, 0.29) is 0 Å². The van der Waals surface area contributed by atoms with Crippen LogP contribution in [0.25, 0.3) is 11.1 Å². The zero-order valence-corrected chi connectivity index (χ0v) is 11.2. The van der Waals surface area contributed by atoms with Crippen molar-refractivity contribution in [3.63, 3.8) is 0 Å². The van der Waals surface area contributed by atoms with E-state index in [1.165, 1.54) is 11.1 Å². The third-order valence-corrected chi connectivity index (χ3v) is 4.54. The van der Waals surface area contributed by atoms with Crippen molar-refractivity contribution >= 4 is 26.4 Å². The van der Waals surface area contributed by atoms with Crippen LogP contribution >= 0.6 is 20.7 Å². The first-order valence-electron chi connectivity index (χ1n) is 5.66. The highest BCUT2D eigenvalue weighted by molar-refractivity contribution is 7.68. The molecule has 0 aliphatic rings. The van der Waals surface area contributed by atoms with Gasteiger partial charge in [0.1, 0.15) is 4.67 Å². The van der Waals surface area contributed by atoms with Gasteiger partial charge in [0.05, 0.1) is 5.69 Å². The molecule has 0 radical (unpaired) electrons. The summed E-state index contributed by atoms with van der Waals surface area (Å²) in [5, 5.41) is 2.17. The first-order valence-corrected chi connectivity index (χ1v) is 7.88. The third kappa shape index (κ3) is 2.42. The van der Waals surface area contributed by atoms with Crippen molar-refractivity contribution in [2.24, 2.45) is 4.99 Å². The second-order valence-corrected chi connectivity index (χ2v) is 5.89. The molecular formula is C15H11NS2. The summed E-state index contributed by atoms with van der Waals surface area (Å²) in [4.78, 5) is 4.71. The summed E-state index contributed by atoms with van der Waals surface area (Å²) >= 11 is 0. The van der Waals surface area contributed by atoms with Gasteiger partial charge in [-0.2, -0.15) is 0 Å². The average Bonchev–Trinajstić information content (AvgIpc) is 2.89. The molecule has 3 rings (SSSR count). The van der Waals surface area contributed by atoms with E-state index in [0.717, 1.165) is 10.4 Å². The van der Waals surface area contributed by atoms with Crippen LogP contribution in [0, 0.1) is 0 Å². The number of hydrogen-bond acceptors (Lipinski definition) is 3. The fourth-order valence-corrected chi connectivity index (χ4v) is 3.78. The van der Waals surface area contributed by atoms with Crippen LogP contribution in [0.2, 0.25) is 0 Å². The average molecular weight is 269 g/mol. The number of rotatable bonds is 2. The molecule has 1 aromatic heterocycles. The lowest BCUT2D eigenvalue weighted by molar-refractivity contribution is 1.41. The molecule has 3 aromatic rings. The molecule has 18 heavy (non-hydrogen) atoms. The van der Waals surface area contributed by atoms with Crippen molar-refractivity contribution in [2.75, 3.05) is 0 Å². The summed E-state index contributed by atoms with van der Waals surface area (Å²) in [5.41, 5.74) is 3.45. The molecule has 0 N–H and O–H groups in total. The van der Waals surface area contributed by atoms with E-state index in [2.05, 4.69) is 29.6 Å². The minimum Gasteiger partial charge on any atom is -0.237 e. The van der Waals surface area contributed by atoms with Crippen LogP contribution in [0.15, 0.2) is 71.0 Å². The molecule has 0 bridgehead atoms. The number of benzene rings is 2. The van der Waals surface area contributed by atoms with Gasteiger partial charge in [0, 0.05) is 10.9 Å². The van der Waals surface area contributed by atoms with Crippen molar-refractivity contribution in [2.45, 2.75) is 0 Å². The summed E-state index contributed by atoms with van der Waals surface area (Å²) in [5.74, 6) is 0. The molecule has 0 fully saturated rings. The summed E-state index contributed by atoms with van der Waals surface area (Å²) in [6.07, 6.45) is 0. The zero-order valence-electron chi connectivity index (χ0n) is 9.61. The van der Waals surface area contributed by atoms with E-state index in [1.807, 2.05) is 36.4 Å². The first kappa shape index (κ1) is 11.4. The predicted octanol–water partition coefficient (Wildman–Crippen LogP) is 4.71. The van der Waals surface area contributed by atoms with E-state index in [0.29, 0.717) is 0 Å². The highest BCUT2D eigenvalue weighted by Gasteiger charge is 2.02. The highest BCUT2D eigenvalue weighted by Crippen LogP contribution is 2.21. The Kier molecular flexibility index (Phi) is 3.35. The van der Waals surface area contributed by atoms with Crippen LogP contribution in [-0.4, -0.2) is 0 Å². The topological polar surface area (TPSA) is 12.4 Å². The van der Waals surface area contributed by atoms with E-state index in [1.54, 1.807) is 20.7 Å². The molecule has 0 amide bonds. The van der Waals surface area contributed by atoms with Gasteiger partial charge in [-0.15, -0.1) is 0 Å². The second-order valence-electron chi connectivity index (χ2n) is 3.83. The molecule has 0 atom stereocenters. The standard InChI is InChI=1S/C15H11NS2/c1-3-7-12(8-4-1)14-11-17-18-15(14)16-13-9-5-2-6-10-13/h1-11H. The monoisotopic (exact) mass is 269 g/mol. The van der Waals surface area contributed by atoms with E-state index in [4.69, 9.17) is 4.99 Å². The lowest BCUT2D eigenvalue weighted by atomic mass is 10.1. The molecule has 88 valence electrons. The minimum absolute atomic E-state index is 1.00. The number of para-hydroxylation sites is 1. The maximum Gasteiger partial charge on any atom is 0.135 e. The van der Waals surface area contributed by atoms with Gasteiger partial charge in [0.2, 0.25) is 0 Å². The van der Waals surface area contributed by atoms with E-state index in [9.17, 15) is 0 Å².